The van der Waals surface area contributed by atoms with Crippen LogP contribution in [0.5, 0.6) is 0 Å². The van der Waals surface area contributed by atoms with Crippen molar-refractivity contribution >= 4 is 18.6 Å². The van der Waals surface area contributed by atoms with E-state index in [2.05, 4.69) is 12.6 Å². The zero-order valence-electron chi connectivity index (χ0n) is 8.73. The summed E-state index contributed by atoms with van der Waals surface area (Å²) in [6.07, 6.45) is 4.81. The Kier molecular flexibility index (Phi) is 9.10. The molecular formula is C10H18O3S. The van der Waals surface area contributed by atoms with Crippen molar-refractivity contribution in [1.82, 2.24) is 0 Å². The Hall–Kier alpha value is -0.280. The van der Waals surface area contributed by atoms with Gasteiger partial charge in [0.1, 0.15) is 5.94 Å². The highest BCUT2D eigenvalue weighted by Crippen LogP contribution is 2.13. The maximum Gasteiger partial charge on any atom is 0.156 e. The summed E-state index contributed by atoms with van der Waals surface area (Å²) < 4.78 is 10.1. The molecular weight excluding hydrogens is 200 g/mol. The molecule has 14 heavy (non-hydrogen) atoms. The van der Waals surface area contributed by atoms with Crippen molar-refractivity contribution in [3.63, 3.8) is 0 Å². The van der Waals surface area contributed by atoms with Gasteiger partial charge in [0.25, 0.3) is 0 Å². The molecule has 0 fully saturated rings. The number of thiol groups is 1. The number of ether oxygens (including phenoxy) is 2. The van der Waals surface area contributed by atoms with Crippen LogP contribution in [0.4, 0.5) is 0 Å². The number of allylic oxidation sites excluding steroid dienone is 1. The predicted octanol–water partition coefficient (Wildman–Crippen LogP) is 1.85. The van der Waals surface area contributed by atoms with Gasteiger partial charge in [-0.2, -0.15) is 12.6 Å². The molecule has 1 unspecified atom stereocenters. The van der Waals surface area contributed by atoms with E-state index in [0.717, 1.165) is 19.3 Å². The Morgan fingerprint density at radius 1 is 1.36 bits per heavy atom. The lowest BCUT2D eigenvalue weighted by Crippen LogP contribution is -2.13. The lowest BCUT2D eigenvalue weighted by molar-refractivity contribution is -0.107. The molecule has 0 aliphatic rings. The van der Waals surface area contributed by atoms with E-state index in [1.54, 1.807) is 20.2 Å². The molecule has 82 valence electrons. The van der Waals surface area contributed by atoms with E-state index in [9.17, 15) is 4.79 Å². The van der Waals surface area contributed by atoms with Gasteiger partial charge < -0.3 is 9.47 Å². The minimum atomic E-state index is -0.128. The SMILES string of the molecule is COC(CCCC(S)CC=C=O)OC. The average Bonchev–Trinajstić information content (AvgIpc) is 2.21. The lowest BCUT2D eigenvalue weighted by atomic mass is 10.1. The van der Waals surface area contributed by atoms with Crippen molar-refractivity contribution in [1.29, 1.82) is 0 Å². The van der Waals surface area contributed by atoms with Crippen molar-refractivity contribution in [3.05, 3.63) is 6.08 Å². The lowest BCUT2D eigenvalue weighted by Gasteiger charge is -2.13. The third kappa shape index (κ3) is 7.15. The Bertz CT molecular complexity index is 174. The van der Waals surface area contributed by atoms with E-state index in [0.29, 0.717) is 6.42 Å². The molecule has 0 saturated heterocycles. The molecule has 3 nitrogen and oxygen atoms in total. The summed E-state index contributed by atoms with van der Waals surface area (Å²) in [7, 11) is 3.25. The molecule has 0 radical (unpaired) electrons. The Balaban J connectivity index is 3.46. The van der Waals surface area contributed by atoms with Gasteiger partial charge in [-0.25, -0.2) is 4.79 Å². The summed E-state index contributed by atoms with van der Waals surface area (Å²) in [6.45, 7) is 0. The van der Waals surface area contributed by atoms with E-state index in [4.69, 9.17) is 9.47 Å². The normalized spacial score (nSPS) is 12.6. The van der Waals surface area contributed by atoms with Crippen LogP contribution in [0.3, 0.4) is 0 Å². The maximum absolute atomic E-state index is 9.93. The van der Waals surface area contributed by atoms with E-state index in [1.807, 2.05) is 0 Å². The van der Waals surface area contributed by atoms with Crippen molar-refractivity contribution in [2.75, 3.05) is 14.2 Å². The van der Waals surface area contributed by atoms with Crippen LogP contribution in [0.1, 0.15) is 25.7 Å². The first kappa shape index (κ1) is 13.7. The van der Waals surface area contributed by atoms with E-state index in [-0.39, 0.29) is 11.5 Å². The minimum absolute atomic E-state index is 0.128. The first-order chi connectivity index (χ1) is 6.74. The van der Waals surface area contributed by atoms with Crippen molar-refractivity contribution in [2.24, 2.45) is 0 Å². The van der Waals surface area contributed by atoms with Gasteiger partial charge >= 0.3 is 0 Å². The third-order valence-electron chi connectivity index (χ3n) is 1.98. The number of methoxy groups -OCH3 is 2. The van der Waals surface area contributed by atoms with Gasteiger partial charge in [-0.15, -0.1) is 0 Å². The van der Waals surface area contributed by atoms with Crippen LogP contribution >= 0.6 is 12.6 Å². The predicted molar refractivity (Wildman–Crippen MR) is 59.3 cm³/mol. The molecule has 0 bridgehead atoms. The smallest absolute Gasteiger partial charge is 0.156 e. The largest absolute Gasteiger partial charge is 0.356 e. The van der Waals surface area contributed by atoms with Crippen LogP contribution in [-0.4, -0.2) is 31.7 Å². The van der Waals surface area contributed by atoms with Crippen LogP contribution in [-0.2, 0) is 14.3 Å². The second-order valence-corrected chi connectivity index (χ2v) is 3.77. The maximum atomic E-state index is 9.93. The van der Waals surface area contributed by atoms with Gasteiger partial charge in [0.05, 0.1) is 0 Å². The highest BCUT2D eigenvalue weighted by Gasteiger charge is 2.06. The van der Waals surface area contributed by atoms with Gasteiger partial charge in [0, 0.05) is 25.5 Å². The molecule has 0 amide bonds. The number of rotatable bonds is 8. The van der Waals surface area contributed by atoms with Crippen molar-refractivity contribution in [2.45, 2.75) is 37.2 Å². The molecule has 0 aromatic rings. The van der Waals surface area contributed by atoms with E-state index < -0.39 is 0 Å². The van der Waals surface area contributed by atoms with Crippen LogP contribution in [0.25, 0.3) is 0 Å². The highest BCUT2D eigenvalue weighted by molar-refractivity contribution is 7.80. The van der Waals surface area contributed by atoms with Gasteiger partial charge in [0.2, 0.25) is 0 Å². The van der Waals surface area contributed by atoms with Crippen LogP contribution in [0, 0.1) is 0 Å². The van der Waals surface area contributed by atoms with Gasteiger partial charge in [-0.05, 0) is 25.7 Å². The van der Waals surface area contributed by atoms with Crippen molar-refractivity contribution in [3.8, 4) is 0 Å². The molecule has 0 aromatic heterocycles. The monoisotopic (exact) mass is 218 g/mol. The van der Waals surface area contributed by atoms with Gasteiger partial charge in [-0.3, -0.25) is 0 Å². The number of hydrogen-bond acceptors (Lipinski definition) is 4. The van der Waals surface area contributed by atoms with Gasteiger partial charge in [-0.1, -0.05) is 0 Å². The first-order valence-electron chi connectivity index (χ1n) is 4.67. The summed E-state index contributed by atoms with van der Waals surface area (Å²) in [5, 5.41) is 0.228. The summed E-state index contributed by atoms with van der Waals surface area (Å²) in [5.41, 5.74) is 0. The van der Waals surface area contributed by atoms with Crippen LogP contribution < -0.4 is 0 Å². The van der Waals surface area contributed by atoms with E-state index in [1.165, 1.54) is 6.08 Å². The number of hydrogen-bond donors (Lipinski definition) is 1. The molecule has 0 heterocycles. The summed E-state index contributed by atoms with van der Waals surface area (Å²) in [4.78, 5) is 9.93. The molecule has 4 heteroatoms. The number of carbonyl (C=O) groups excluding carboxylic acids is 1. The van der Waals surface area contributed by atoms with E-state index >= 15 is 0 Å². The topological polar surface area (TPSA) is 35.5 Å². The third-order valence-corrected chi connectivity index (χ3v) is 2.45. The summed E-state index contributed by atoms with van der Waals surface area (Å²) >= 11 is 4.33. The van der Waals surface area contributed by atoms with Crippen molar-refractivity contribution < 1.29 is 14.3 Å². The minimum Gasteiger partial charge on any atom is -0.356 e. The molecule has 0 spiro atoms. The first-order valence-corrected chi connectivity index (χ1v) is 5.19. The van der Waals surface area contributed by atoms with Gasteiger partial charge in [0.15, 0.2) is 6.29 Å². The zero-order chi connectivity index (χ0) is 10.8. The van der Waals surface area contributed by atoms with Crippen LogP contribution in [0.15, 0.2) is 6.08 Å². The Morgan fingerprint density at radius 3 is 2.50 bits per heavy atom. The fourth-order valence-electron chi connectivity index (χ4n) is 1.15. The molecule has 0 saturated carbocycles. The Morgan fingerprint density at radius 2 is 2.00 bits per heavy atom. The highest BCUT2D eigenvalue weighted by atomic mass is 32.1. The molecule has 0 aliphatic heterocycles. The van der Waals surface area contributed by atoms with Crippen LogP contribution in [0.2, 0.25) is 0 Å². The quantitative estimate of drug-likeness (QED) is 0.384. The molecule has 0 aliphatic carbocycles. The fourth-order valence-corrected chi connectivity index (χ4v) is 1.44. The average molecular weight is 218 g/mol. The molecule has 0 rings (SSSR count). The second-order valence-electron chi connectivity index (χ2n) is 3.04. The summed E-state index contributed by atoms with van der Waals surface area (Å²) in [5.74, 6) is 1.75. The zero-order valence-corrected chi connectivity index (χ0v) is 9.63. The standard InChI is InChI=1S/C10H18O3S/c1-12-10(13-2)7-3-5-9(14)6-4-8-11/h4,9-10,14H,3,5-7H2,1-2H3. The molecule has 0 N–H and O–H groups in total. The fraction of sp³-hybridized carbons (Fsp3) is 0.800. The summed E-state index contributed by atoms with van der Waals surface area (Å²) in [6, 6.07) is 0. The molecule has 0 aromatic carbocycles. The Labute approximate surface area is 90.9 Å². The second kappa shape index (κ2) is 9.28. The molecule has 1 atom stereocenters.